The second-order valence-electron chi connectivity index (χ2n) is 3.74. The molecule has 2 N–H and O–H groups in total. The van der Waals surface area contributed by atoms with Gasteiger partial charge in [0.1, 0.15) is 5.69 Å². The van der Waals surface area contributed by atoms with Gasteiger partial charge in [0.2, 0.25) is 5.43 Å². The number of nitrogens with one attached hydrogen (secondary N) is 2. The molecule has 1 aromatic heterocycles. The highest BCUT2D eigenvalue weighted by atomic mass is 35.5. The summed E-state index contributed by atoms with van der Waals surface area (Å²) in [5.74, 6) is -0.259. The molecule has 0 aliphatic rings. The number of H-pyrrole nitrogens is 1. The normalized spacial score (nSPS) is 10.0. The van der Waals surface area contributed by atoms with Crippen LogP contribution >= 0.6 is 11.6 Å². The van der Waals surface area contributed by atoms with Gasteiger partial charge in [-0.1, -0.05) is 11.6 Å². The number of pyridine rings is 1. The fourth-order valence-corrected chi connectivity index (χ4v) is 1.61. The molecule has 0 saturated heterocycles. The summed E-state index contributed by atoms with van der Waals surface area (Å²) in [5, 5.41) is 3.22. The Kier molecular flexibility index (Phi) is 3.87. The van der Waals surface area contributed by atoms with E-state index in [9.17, 15) is 9.59 Å². The van der Waals surface area contributed by atoms with Crippen molar-refractivity contribution in [3.8, 4) is 5.75 Å². The first-order valence-electron chi connectivity index (χ1n) is 5.44. The highest BCUT2D eigenvalue weighted by Crippen LogP contribution is 2.14. The molecule has 0 aliphatic carbocycles. The van der Waals surface area contributed by atoms with Gasteiger partial charge in [-0.25, -0.2) is 0 Å². The van der Waals surface area contributed by atoms with Gasteiger partial charge in [-0.2, -0.15) is 0 Å². The third kappa shape index (κ3) is 3.14. The van der Waals surface area contributed by atoms with E-state index < -0.39 is 5.91 Å². The second-order valence-corrected chi connectivity index (χ2v) is 4.18. The molecular formula is C13H11ClN2O3. The Bertz CT molecular complexity index is 650. The van der Waals surface area contributed by atoms with E-state index in [0.29, 0.717) is 10.7 Å². The Morgan fingerprint density at radius 2 is 2.00 bits per heavy atom. The number of anilines is 1. The third-order valence-electron chi connectivity index (χ3n) is 2.44. The zero-order valence-electron chi connectivity index (χ0n) is 10.1. The lowest BCUT2D eigenvalue weighted by molar-refractivity contribution is 0.102. The average molecular weight is 279 g/mol. The summed E-state index contributed by atoms with van der Waals surface area (Å²) in [7, 11) is 1.39. The first-order valence-corrected chi connectivity index (χ1v) is 5.81. The van der Waals surface area contributed by atoms with E-state index in [1.807, 2.05) is 0 Å². The van der Waals surface area contributed by atoms with Crippen molar-refractivity contribution < 1.29 is 9.53 Å². The van der Waals surface area contributed by atoms with Crippen molar-refractivity contribution in [3.05, 3.63) is 57.5 Å². The third-order valence-corrected chi connectivity index (χ3v) is 2.70. The maximum Gasteiger partial charge on any atom is 0.272 e. The zero-order valence-corrected chi connectivity index (χ0v) is 10.8. The number of carbonyl (C=O) groups excluding carboxylic acids is 1. The summed E-state index contributed by atoms with van der Waals surface area (Å²) >= 11 is 5.75. The van der Waals surface area contributed by atoms with Crippen LogP contribution < -0.4 is 15.5 Å². The zero-order chi connectivity index (χ0) is 13.8. The molecule has 0 spiro atoms. The van der Waals surface area contributed by atoms with Crippen LogP contribution in [0.1, 0.15) is 10.5 Å². The van der Waals surface area contributed by atoms with Crippen molar-refractivity contribution in [3.63, 3.8) is 0 Å². The maximum atomic E-state index is 11.9. The van der Waals surface area contributed by atoms with E-state index in [2.05, 4.69) is 10.3 Å². The molecule has 0 saturated carbocycles. The van der Waals surface area contributed by atoms with Gasteiger partial charge in [-0.3, -0.25) is 9.59 Å². The molecule has 0 radical (unpaired) electrons. The van der Waals surface area contributed by atoms with E-state index in [1.165, 1.54) is 19.4 Å². The number of halogens is 1. The number of ether oxygens (including phenoxy) is 1. The SMILES string of the molecule is COc1c[nH]c(C(=O)Nc2ccc(Cl)cc2)cc1=O. The van der Waals surface area contributed by atoms with Crippen LogP contribution in [0.25, 0.3) is 0 Å². The predicted molar refractivity (Wildman–Crippen MR) is 73.0 cm³/mol. The molecule has 6 heteroatoms. The number of rotatable bonds is 3. The highest BCUT2D eigenvalue weighted by molar-refractivity contribution is 6.30. The van der Waals surface area contributed by atoms with Crippen LogP contribution in [0.15, 0.2) is 41.3 Å². The summed E-state index contributed by atoms with van der Waals surface area (Å²) in [6.45, 7) is 0. The fraction of sp³-hybridized carbons (Fsp3) is 0.0769. The largest absolute Gasteiger partial charge is 0.491 e. The molecular weight excluding hydrogens is 268 g/mol. The van der Waals surface area contributed by atoms with Crippen LogP contribution in [-0.4, -0.2) is 18.0 Å². The smallest absolute Gasteiger partial charge is 0.272 e. The van der Waals surface area contributed by atoms with Crippen molar-refractivity contribution in [1.82, 2.24) is 4.98 Å². The fourth-order valence-electron chi connectivity index (χ4n) is 1.48. The van der Waals surface area contributed by atoms with Crippen LogP contribution in [0, 0.1) is 0 Å². The Morgan fingerprint density at radius 3 is 2.58 bits per heavy atom. The molecule has 0 bridgehead atoms. The molecule has 2 rings (SSSR count). The standard InChI is InChI=1S/C13H11ClN2O3/c1-19-12-7-15-10(6-11(12)17)13(18)16-9-4-2-8(14)3-5-9/h2-7H,1H3,(H,15,17)(H,16,18). The molecule has 1 amide bonds. The monoisotopic (exact) mass is 278 g/mol. The minimum absolute atomic E-state index is 0.153. The van der Waals surface area contributed by atoms with Crippen molar-refractivity contribution in [1.29, 1.82) is 0 Å². The summed E-state index contributed by atoms with van der Waals surface area (Å²) < 4.78 is 4.82. The Morgan fingerprint density at radius 1 is 1.32 bits per heavy atom. The summed E-state index contributed by atoms with van der Waals surface area (Å²) in [6, 6.07) is 7.84. The van der Waals surface area contributed by atoms with Gasteiger partial charge in [0, 0.05) is 23.0 Å². The molecule has 0 atom stereocenters. The van der Waals surface area contributed by atoms with Gasteiger partial charge in [0.05, 0.1) is 7.11 Å². The first kappa shape index (κ1) is 13.2. The molecule has 0 fully saturated rings. The number of carbonyl (C=O) groups is 1. The van der Waals surface area contributed by atoms with Crippen molar-refractivity contribution in [2.45, 2.75) is 0 Å². The number of methoxy groups -OCH3 is 1. The Balaban J connectivity index is 2.18. The minimum Gasteiger partial charge on any atom is -0.491 e. The van der Waals surface area contributed by atoms with E-state index in [0.717, 1.165) is 0 Å². The number of hydrogen-bond acceptors (Lipinski definition) is 3. The Labute approximate surface area is 114 Å². The molecule has 1 heterocycles. The predicted octanol–water partition coefficient (Wildman–Crippen LogP) is 2.29. The summed E-state index contributed by atoms with van der Waals surface area (Å²) in [6.07, 6.45) is 1.35. The van der Waals surface area contributed by atoms with Crippen molar-refractivity contribution >= 4 is 23.2 Å². The van der Waals surface area contributed by atoms with Crippen LogP contribution in [0.4, 0.5) is 5.69 Å². The molecule has 19 heavy (non-hydrogen) atoms. The quantitative estimate of drug-likeness (QED) is 0.905. The van der Waals surface area contributed by atoms with Gasteiger partial charge in [0.25, 0.3) is 5.91 Å². The number of amides is 1. The van der Waals surface area contributed by atoms with E-state index in [1.54, 1.807) is 24.3 Å². The van der Waals surface area contributed by atoms with Gasteiger partial charge >= 0.3 is 0 Å². The number of hydrogen-bond donors (Lipinski definition) is 2. The molecule has 0 unspecified atom stereocenters. The van der Waals surface area contributed by atoms with Gasteiger partial charge < -0.3 is 15.0 Å². The molecule has 98 valence electrons. The lowest BCUT2D eigenvalue weighted by Crippen LogP contribution is -2.17. The Hall–Kier alpha value is -2.27. The lowest BCUT2D eigenvalue weighted by Gasteiger charge is -2.06. The highest BCUT2D eigenvalue weighted by Gasteiger charge is 2.09. The molecule has 1 aromatic carbocycles. The first-order chi connectivity index (χ1) is 9.10. The number of aromatic nitrogens is 1. The topological polar surface area (TPSA) is 71.2 Å². The summed E-state index contributed by atoms with van der Waals surface area (Å²) in [4.78, 5) is 26.1. The average Bonchev–Trinajstić information content (AvgIpc) is 2.41. The molecule has 0 aliphatic heterocycles. The molecule has 5 nitrogen and oxygen atoms in total. The van der Waals surface area contributed by atoms with Crippen LogP contribution in [-0.2, 0) is 0 Å². The van der Waals surface area contributed by atoms with Crippen LogP contribution in [0.5, 0.6) is 5.75 Å². The van der Waals surface area contributed by atoms with Crippen LogP contribution in [0.3, 0.4) is 0 Å². The van der Waals surface area contributed by atoms with Crippen LogP contribution in [0.2, 0.25) is 5.02 Å². The minimum atomic E-state index is -0.415. The van der Waals surface area contributed by atoms with Gasteiger partial charge in [0.15, 0.2) is 5.75 Å². The maximum absolute atomic E-state index is 11.9. The van der Waals surface area contributed by atoms with Gasteiger partial charge in [-0.15, -0.1) is 0 Å². The van der Waals surface area contributed by atoms with Crippen molar-refractivity contribution in [2.24, 2.45) is 0 Å². The van der Waals surface area contributed by atoms with Crippen molar-refractivity contribution in [2.75, 3.05) is 12.4 Å². The lowest BCUT2D eigenvalue weighted by atomic mass is 10.3. The molecule has 2 aromatic rings. The van der Waals surface area contributed by atoms with E-state index >= 15 is 0 Å². The van der Waals surface area contributed by atoms with E-state index in [-0.39, 0.29) is 16.9 Å². The number of benzene rings is 1. The second kappa shape index (κ2) is 5.58. The number of aromatic amines is 1. The summed E-state index contributed by atoms with van der Waals surface area (Å²) in [5.41, 5.74) is 0.384. The van der Waals surface area contributed by atoms with E-state index in [4.69, 9.17) is 16.3 Å². The van der Waals surface area contributed by atoms with Gasteiger partial charge in [-0.05, 0) is 24.3 Å².